The van der Waals surface area contributed by atoms with Crippen LogP contribution in [-0.4, -0.2) is 30.9 Å². The predicted octanol–water partition coefficient (Wildman–Crippen LogP) is 0.618. The first kappa shape index (κ1) is 11.0. The van der Waals surface area contributed by atoms with Crippen molar-refractivity contribution in [2.75, 3.05) is 6.61 Å². The molecule has 0 aromatic heterocycles. The molecule has 0 aromatic rings. The highest BCUT2D eigenvalue weighted by Gasteiger charge is 2.27. The number of hydrogen-bond donors (Lipinski definition) is 0. The van der Waals surface area contributed by atoms with Crippen molar-refractivity contribution >= 4 is 11.9 Å². The topological polar surface area (TPSA) is 61.8 Å². The Morgan fingerprint density at radius 1 is 1.29 bits per heavy atom. The van der Waals surface area contributed by atoms with Gasteiger partial charge in [0, 0.05) is 20.3 Å². The van der Waals surface area contributed by atoms with E-state index in [0.29, 0.717) is 6.42 Å². The molecule has 0 aliphatic carbocycles. The van der Waals surface area contributed by atoms with Gasteiger partial charge in [0.1, 0.15) is 6.61 Å². The average molecular weight is 202 g/mol. The Morgan fingerprint density at radius 2 is 2.00 bits per heavy atom. The highest BCUT2D eigenvalue weighted by atomic mass is 16.7. The number of carbonyl (C=O) groups excluding carboxylic acids is 2. The molecule has 0 saturated carbocycles. The molecule has 1 saturated heterocycles. The number of esters is 2. The molecule has 0 unspecified atom stereocenters. The summed E-state index contributed by atoms with van der Waals surface area (Å²) in [6.45, 7) is 2.91. The van der Waals surface area contributed by atoms with Crippen LogP contribution in [0.1, 0.15) is 26.7 Å². The molecule has 0 aromatic carbocycles. The lowest BCUT2D eigenvalue weighted by molar-refractivity contribution is -0.177. The van der Waals surface area contributed by atoms with Gasteiger partial charge < -0.3 is 14.2 Å². The Kier molecular flexibility index (Phi) is 3.88. The zero-order valence-electron chi connectivity index (χ0n) is 8.32. The van der Waals surface area contributed by atoms with E-state index in [-0.39, 0.29) is 24.6 Å². The molecule has 0 radical (unpaired) electrons. The van der Waals surface area contributed by atoms with Crippen molar-refractivity contribution in [3.8, 4) is 0 Å². The van der Waals surface area contributed by atoms with Gasteiger partial charge in [0.05, 0.1) is 6.10 Å². The molecule has 1 fully saturated rings. The van der Waals surface area contributed by atoms with Crippen molar-refractivity contribution in [3.63, 3.8) is 0 Å². The van der Waals surface area contributed by atoms with Crippen LogP contribution < -0.4 is 0 Å². The van der Waals surface area contributed by atoms with E-state index in [9.17, 15) is 9.59 Å². The van der Waals surface area contributed by atoms with Crippen LogP contribution in [0, 0.1) is 0 Å². The molecule has 1 aliphatic heterocycles. The normalized spacial score (nSPS) is 25.9. The van der Waals surface area contributed by atoms with Crippen molar-refractivity contribution in [1.29, 1.82) is 0 Å². The molecular formula is C9H14O5. The van der Waals surface area contributed by atoms with Gasteiger partial charge in [0.15, 0.2) is 0 Å². The molecule has 5 heteroatoms. The van der Waals surface area contributed by atoms with Crippen LogP contribution in [0.2, 0.25) is 0 Å². The minimum atomic E-state index is -0.479. The summed E-state index contributed by atoms with van der Waals surface area (Å²) in [5.41, 5.74) is 0. The molecule has 1 heterocycles. The van der Waals surface area contributed by atoms with Gasteiger partial charge in [-0.2, -0.15) is 0 Å². The van der Waals surface area contributed by atoms with Gasteiger partial charge in [-0.05, 0) is 6.42 Å². The van der Waals surface area contributed by atoms with Crippen LogP contribution >= 0.6 is 0 Å². The average Bonchev–Trinajstić information content (AvgIpc) is 2.47. The Bertz CT molecular complexity index is 225. The number of hydrogen-bond acceptors (Lipinski definition) is 5. The van der Waals surface area contributed by atoms with E-state index in [4.69, 9.17) is 14.2 Å². The van der Waals surface area contributed by atoms with E-state index in [2.05, 4.69) is 0 Å². The van der Waals surface area contributed by atoms with E-state index in [1.165, 1.54) is 13.8 Å². The van der Waals surface area contributed by atoms with Crippen molar-refractivity contribution in [3.05, 3.63) is 0 Å². The van der Waals surface area contributed by atoms with Crippen LogP contribution in [0.4, 0.5) is 0 Å². The molecule has 0 amide bonds. The van der Waals surface area contributed by atoms with E-state index < -0.39 is 6.29 Å². The molecule has 2 atom stereocenters. The molecule has 80 valence electrons. The summed E-state index contributed by atoms with van der Waals surface area (Å²) in [5.74, 6) is -0.687. The van der Waals surface area contributed by atoms with E-state index in [0.717, 1.165) is 6.42 Å². The predicted molar refractivity (Wildman–Crippen MR) is 46.3 cm³/mol. The maximum Gasteiger partial charge on any atom is 0.304 e. The smallest absolute Gasteiger partial charge is 0.304 e. The van der Waals surface area contributed by atoms with Gasteiger partial charge in [-0.15, -0.1) is 0 Å². The molecular weight excluding hydrogens is 188 g/mol. The quantitative estimate of drug-likeness (QED) is 0.628. The number of ether oxygens (including phenoxy) is 3. The Labute approximate surface area is 82.3 Å². The van der Waals surface area contributed by atoms with Gasteiger partial charge >= 0.3 is 11.9 Å². The molecule has 0 spiro atoms. The maximum absolute atomic E-state index is 10.6. The SMILES string of the molecule is CC(=O)OC[C@@H]1CC[C@H](OC(C)=O)O1. The maximum atomic E-state index is 10.6. The fourth-order valence-electron chi connectivity index (χ4n) is 1.28. The van der Waals surface area contributed by atoms with Crippen LogP contribution in [0.5, 0.6) is 0 Å². The Morgan fingerprint density at radius 3 is 2.57 bits per heavy atom. The molecule has 1 aliphatic rings. The monoisotopic (exact) mass is 202 g/mol. The summed E-state index contributed by atoms with van der Waals surface area (Å²) in [6, 6.07) is 0. The summed E-state index contributed by atoms with van der Waals surface area (Å²) in [5, 5.41) is 0. The summed E-state index contributed by atoms with van der Waals surface area (Å²) in [6.07, 6.45) is 0.771. The van der Waals surface area contributed by atoms with Crippen LogP contribution in [-0.2, 0) is 23.8 Å². The Balaban J connectivity index is 2.20. The van der Waals surface area contributed by atoms with Crippen molar-refractivity contribution in [2.24, 2.45) is 0 Å². The lowest BCUT2D eigenvalue weighted by atomic mass is 10.2. The fraction of sp³-hybridized carbons (Fsp3) is 0.778. The first-order chi connectivity index (χ1) is 6.58. The molecule has 14 heavy (non-hydrogen) atoms. The van der Waals surface area contributed by atoms with Gasteiger partial charge in [0.2, 0.25) is 6.29 Å². The highest BCUT2D eigenvalue weighted by Crippen LogP contribution is 2.20. The minimum absolute atomic E-state index is 0.150. The van der Waals surface area contributed by atoms with Crippen molar-refractivity contribution < 1.29 is 23.8 Å². The van der Waals surface area contributed by atoms with Crippen molar-refractivity contribution in [2.45, 2.75) is 39.1 Å². The largest absolute Gasteiger partial charge is 0.463 e. The summed E-state index contributed by atoms with van der Waals surface area (Å²) >= 11 is 0. The first-order valence-electron chi connectivity index (χ1n) is 4.54. The van der Waals surface area contributed by atoms with E-state index in [1.54, 1.807) is 0 Å². The lowest BCUT2D eigenvalue weighted by Crippen LogP contribution is -2.21. The molecule has 0 bridgehead atoms. The van der Waals surface area contributed by atoms with Gasteiger partial charge in [-0.25, -0.2) is 0 Å². The zero-order chi connectivity index (χ0) is 10.6. The third-order valence-electron chi connectivity index (χ3n) is 1.84. The number of rotatable bonds is 3. The fourth-order valence-corrected chi connectivity index (χ4v) is 1.28. The molecule has 5 nitrogen and oxygen atoms in total. The summed E-state index contributed by atoms with van der Waals surface area (Å²) in [7, 11) is 0. The minimum Gasteiger partial charge on any atom is -0.463 e. The third kappa shape index (κ3) is 3.74. The molecule has 1 rings (SSSR count). The summed E-state index contributed by atoms with van der Waals surface area (Å²) in [4.78, 5) is 21.1. The van der Waals surface area contributed by atoms with E-state index in [1.807, 2.05) is 0 Å². The van der Waals surface area contributed by atoms with Gasteiger partial charge in [-0.1, -0.05) is 0 Å². The van der Waals surface area contributed by atoms with Crippen LogP contribution in [0.3, 0.4) is 0 Å². The first-order valence-corrected chi connectivity index (χ1v) is 4.54. The van der Waals surface area contributed by atoms with Gasteiger partial charge in [-0.3, -0.25) is 9.59 Å². The van der Waals surface area contributed by atoms with Gasteiger partial charge in [0.25, 0.3) is 0 Å². The second-order valence-electron chi connectivity index (χ2n) is 3.18. The van der Waals surface area contributed by atoms with Crippen molar-refractivity contribution in [1.82, 2.24) is 0 Å². The second-order valence-corrected chi connectivity index (χ2v) is 3.18. The Hall–Kier alpha value is -1.10. The summed E-state index contributed by atoms with van der Waals surface area (Å²) < 4.78 is 14.9. The zero-order valence-corrected chi connectivity index (χ0v) is 8.32. The molecule has 0 N–H and O–H groups in total. The highest BCUT2D eigenvalue weighted by molar-refractivity contribution is 5.66. The van der Waals surface area contributed by atoms with E-state index >= 15 is 0 Å². The van der Waals surface area contributed by atoms with Crippen LogP contribution in [0.15, 0.2) is 0 Å². The van der Waals surface area contributed by atoms with Crippen LogP contribution in [0.25, 0.3) is 0 Å². The second kappa shape index (κ2) is 4.95. The third-order valence-corrected chi connectivity index (χ3v) is 1.84. The number of carbonyl (C=O) groups is 2. The lowest BCUT2D eigenvalue weighted by Gasteiger charge is -2.12. The standard InChI is InChI=1S/C9H14O5/c1-6(10)12-5-8-3-4-9(14-8)13-7(2)11/h8-9H,3-5H2,1-2H3/t8-,9+/m0/s1.